The van der Waals surface area contributed by atoms with Crippen LogP contribution >= 0.6 is 23.6 Å². The highest BCUT2D eigenvalue weighted by Gasteiger charge is 2.13. The second-order valence-corrected chi connectivity index (χ2v) is 8.16. The molecule has 0 bridgehead atoms. The number of benzene rings is 1. The van der Waals surface area contributed by atoms with E-state index in [2.05, 4.69) is 20.8 Å². The number of carbonyl (C=O) groups is 2. The molecule has 1 aromatic carbocycles. The topological polar surface area (TPSA) is 91.8 Å². The maximum Gasteiger partial charge on any atom is 0.243 e. The van der Waals surface area contributed by atoms with Crippen molar-refractivity contribution in [2.75, 3.05) is 11.9 Å². The van der Waals surface area contributed by atoms with Gasteiger partial charge < -0.3 is 10.6 Å². The number of hydrogen-bond donors (Lipinski definition) is 3. The van der Waals surface area contributed by atoms with Gasteiger partial charge in [0.05, 0.1) is 11.4 Å². The number of H-pyrrole nitrogens is 1. The zero-order valence-corrected chi connectivity index (χ0v) is 18.2. The fraction of sp³-hybridized carbons (Fsp3) is 0.300. The molecule has 0 atom stereocenters. The lowest BCUT2D eigenvalue weighted by atomic mass is 10.1. The SMILES string of the molecule is Cc1cc(C)c(NC(=O)CNC(=O)CCn2c(-c3cccs3)n[nH]c2=S)c(C)c1. The van der Waals surface area contributed by atoms with Crippen LogP contribution in [0.5, 0.6) is 0 Å². The summed E-state index contributed by atoms with van der Waals surface area (Å²) in [6.45, 7) is 6.22. The minimum Gasteiger partial charge on any atom is -0.347 e. The number of rotatable bonds is 7. The Bertz CT molecular complexity index is 1060. The number of nitrogens with zero attached hydrogens (tertiary/aromatic N) is 2. The Balaban J connectivity index is 1.53. The summed E-state index contributed by atoms with van der Waals surface area (Å²) in [5.41, 5.74) is 3.93. The van der Waals surface area contributed by atoms with Gasteiger partial charge in [0.1, 0.15) is 0 Å². The van der Waals surface area contributed by atoms with Crippen molar-refractivity contribution in [1.82, 2.24) is 20.1 Å². The Morgan fingerprint density at radius 1 is 1.21 bits per heavy atom. The van der Waals surface area contributed by atoms with Gasteiger partial charge in [-0.3, -0.25) is 19.3 Å². The summed E-state index contributed by atoms with van der Waals surface area (Å²) in [5, 5.41) is 14.5. The number of anilines is 1. The van der Waals surface area contributed by atoms with Crippen LogP contribution in [0.25, 0.3) is 10.7 Å². The number of hydrogen-bond acceptors (Lipinski definition) is 5. The third-order valence-electron chi connectivity index (χ3n) is 4.45. The molecule has 152 valence electrons. The first kappa shape index (κ1) is 20.9. The van der Waals surface area contributed by atoms with E-state index in [-0.39, 0.29) is 24.8 Å². The molecule has 3 N–H and O–H groups in total. The number of thiophene rings is 1. The molecule has 2 heterocycles. The zero-order chi connectivity index (χ0) is 21.0. The molecule has 7 nitrogen and oxygen atoms in total. The number of aromatic nitrogens is 3. The predicted octanol–water partition coefficient (Wildman–Crippen LogP) is 3.74. The standard InChI is InChI=1S/C20H23N5O2S2/c1-12-9-13(2)18(14(3)10-12)22-17(27)11-21-16(26)6-7-25-19(23-24-20(25)28)15-5-4-8-29-15/h4-5,8-10H,6-7,11H2,1-3H3,(H,21,26)(H,22,27)(H,24,28). The van der Waals surface area contributed by atoms with Crippen molar-refractivity contribution in [3.05, 3.63) is 51.1 Å². The van der Waals surface area contributed by atoms with Crippen LogP contribution in [0.4, 0.5) is 5.69 Å². The van der Waals surface area contributed by atoms with Crippen molar-refractivity contribution < 1.29 is 9.59 Å². The number of aromatic amines is 1. The average molecular weight is 430 g/mol. The fourth-order valence-electron chi connectivity index (χ4n) is 3.16. The minimum absolute atomic E-state index is 0.0832. The first-order valence-corrected chi connectivity index (χ1v) is 10.5. The number of nitrogens with one attached hydrogen (secondary N) is 3. The van der Waals surface area contributed by atoms with Gasteiger partial charge in [-0.05, 0) is 55.6 Å². The van der Waals surface area contributed by atoms with Gasteiger partial charge in [-0.15, -0.1) is 11.3 Å². The lowest BCUT2D eigenvalue weighted by Gasteiger charge is -2.13. The van der Waals surface area contributed by atoms with Gasteiger partial charge in [0.2, 0.25) is 11.8 Å². The summed E-state index contributed by atoms with van der Waals surface area (Å²) < 4.78 is 2.25. The van der Waals surface area contributed by atoms with Gasteiger partial charge >= 0.3 is 0 Å². The van der Waals surface area contributed by atoms with Crippen LogP contribution in [-0.2, 0) is 16.1 Å². The summed E-state index contributed by atoms with van der Waals surface area (Å²) in [7, 11) is 0. The van der Waals surface area contributed by atoms with E-state index in [0.29, 0.717) is 17.1 Å². The second-order valence-electron chi connectivity index (χ2n) is 6.83. The summed E-state index contributed by atoms with van der Waals surface area (Å²) in [6.07, 6.45) is 0.197. The minimum atomic E-state index is -0.257. The first-order chi connectivity index (χ1) is 13.8. The summed E-state index contributed by atoms with van der Waals surface area (Å²) in [5.74, 6) is 0.228. The molecule has 2 amide bonds. The molecule has 0 unspecified atom stereocenters. The van der Waals surface area contributed by atoms with Gasteiger partial charge in [-0.1, -0.05) is 23.8 Å². The molecule has 29 heavy (non-hydrogen) atoms. The van der Waals surface area contributed by atoms with Gasteiger partial charge in [0, 0.05) is 18.7 Å². The van der Waals surface area contributed by atoms with E-state index in [1.807, 2.05) is 50.4 Å². The molecule has 3 aromatic rings. The van der Waals surface area contributed by atoms with Gasteiger partial charge in [0.25, 0.3) is 0 Å². The highest BCUT2D eigenvalue weighted by molar-refractivity contribution is 7.71. The molecule has 0 radical (unpaired) electrons. The highest BCUT2D eigenvalue weighted by atomic mass is 32.1. The van der Waals surface area contributed by atoms with Crippen LogP contribution < -0.4 is 10.6 Å². The van der Waals surface area contributed by atoms with Crippen molar-refractivity contribution in [2.45, 2.75) is 33.7 Å². The Kier molecular flexibility index (Phi) is 6.60. The molecule has 0 spiro atoms. The van der Waals surface area contributed by atoms with E-state index >= 15 is 0 Å². The van der Waals surface area contributed by atoms with Crippen molar-refractivity contribution in [3.63, 3.8) is 0 Å². The van der Waals surface area contributed by atoms with E-state index in [1.165, 1.54) is 0 Å². The van der Waals surface area contributed by atoms with Gasteiger partial charge in [-0.2, -0.15) is 5.10 Å². The van der Waals surface area contributed by atoms with Crippen molar-refractivity contribution in [1.29, 1.82) is 0 Å². The van der Waals surface area contributed by atoms with E-state index in [0.717, 1.165) is 27.3 Å². The zero-order valence-electron chi connectivity index (χ0n) is 16.5. The smallest absolute Gasteiger partial charge is 0.243 e. The van der Waals surface area contributed by atoms with E-state index < -0.39 is 0 Å². The second kappa shape index (κ2) is 9.15. The molecule has 0 saturated carbocycles. The number of carbonyl (C=O) groups excluding carboxylic acids is 2. The molecule has 0 fully saturated rings. The van der Waals surface area contributed by atoms with Crippen LogP contribution in [0.15, 0.2) is 29.6 Å². The van der Waals surface area contributed by atoms with E-state index in [4.69, 9.17) is 12.2 Å². The molecule has 0 aliphatic heterocycles. The summed E-state index contributed by atoms with van der Waals surface area (Å²) in [4.78, 5) is 25.4. The molecule has 2 aromatic heterocycles. The Morgan fingerprint density at radius 3 is 2.59 bits per heavy atom. The lowest BCUT2D eigenvalue weighted by molar-refractivity contribution is -0.124. The summed E-state index contributed by atoms with van der Waals surface area (Å²) >= 11 is 6.82. The molecular weight excluding hydrogens is 406 g/mol. The number of amides is 2. The lowest BCUT2D eigenvalue weighted by Crippen LogP contribution is -2.33. The third kappa shape index (κ3) is 5.18. The predicted molar refractivity (Wildman–Crippen MR) is 118 cm³/mol. The molecule has 3 rings (SSSR count). The normalized spacial score (nSPS) is 10.7. The Labute approximate surface area is 178 Å². The van der Waals surface area contributed by atoms with E-state index in [9.17, 15) is 9.59 Å². The maximum atomic E-state index is 12.2. The third-order valence-corrected chi connectivity index (χ3v) is 5.63. The molecule has 0 aliphatic rings. The van der Waals surface area contributed by atoms with Crippen molar-refractivity contribution in [3.8, 4) is 10.7 Å². The first-order valence-electron chi connectivity index (χ1n) is 9.18. The molecule has 9 heteroatoms. The fourth-order valence-corrected chi connectivity index (χ4v) is 4.11. The maximum absolute atomic E-state index is 12.2. The quantitative estimate of drug-likeness (QED) is 0.499. The van der Waals surface area contributed by atoms with Crippen molar-refractivity contribution in [2.24, 2.45) is 0 Å². The van der Waals surface area contributed by atoms with E-state index in [1.54, 1.807) is 15.9 Å². The van der Waals surface area contributed by atoms with Crippen LogP contribution in [0.3, 0.4) is 0 Å². The Morgan fingerprint density at radius 2 is 1.93 bits per heavy atom. The number of aryl methyl sites for hydroxylation is 3. The monoisotopic (exact) mass is 429 g/mol. The Hall–Kier alpha value is -2.78. The molecular formula is C20H23N5O2S2. The summed E-state index contributed by atoms with van der Waals surface area (Å²) in [6, 6.07) is 7.91. The van der Waals surface area contributed by atoms with Crippen LogP contribution in [0, 0.1) is 25.5 Å². The van der Waals surface area contributed by atoms with Gasteiger partial charge in [-0.25, -0.2) is 0 Å². The van der Waals surface area contributed by atoms with Gasteiger partial charge in [0.15, 0.2) is 10.6 Å². The van der Waals surface area contributed by atoms with Crippen molar-refractivity contribution >= 4 is 41.1 Å². The van der Waals surface area contributed by atoms with Crippen LogP contribution in [-0.4, -0.2) is 33.1 Å². The average Bonchev–Trinajstić information content (AvgIpc) is 3.31. The molecule has 0 saturated heterocycles. The largest absolute Gasteiger partial charge is 0.347 e. The van der Waals surface area contributed by atoms with Crippen LogP contribution in [0.2, 0.25) is 0 Å². The highest BCUT2D eigenvalue weighted by Crippen LogP contribution is 2.23. The molecule has 0 aliphatic carbocycles. The van der Waals surface area contributed by atoms with Crippen LogP contribution in [0.1, 0.15) is 23.1 Å².